The maximum atomic E-state index is 14.4. The molecular weight excluding hydrogens is 427 g/mol. The van der Waals surface area contributed by atoms with Crippen molar-refractivity contribution in [2.24, 2.45) is 0 Å². The first-order chi connectivity index (χ1) is 15.5. The van der Waals surface area contributed by atoms with Gasteiger partial charge in [0.2, 0.25) is 5.95 Å². The second kappa shape index (κ2) is 9.64. The molecule has 0 unspecified atom stereocenters. The molecule has 2 N–H and O–H groups in total. The van der Waals surface area contributed by atoms with Gasteiger partial charge in [-0.25, -0.2) is 9.37 Å². The molecule has 0 bridgehead atoms. The minimum absolute atomic E-state index is 0.0359. The van der Waals surface area contributed by atoms with Crippen LogP contribution >= 0.6 is 0 Å². The zero-order chi connectivity index (χ0) is 22.5. The van der Waals surface area contributed by atoms with Crippen molar-refractivity contribution in [2.75, 3.05) is 48.9 Å². The van der Waals surface area contributed by atoms with Gasteiger partial charge in [0.25, 0.3) is 0 Å². The van der Waals surface area contributed by atoms with Gasteiger partial charge in [-0.2, -0.15) is 13.8 Å². The molecule has 1 aliphatic rings. The summed E-state index contributed by atoms with van der Waals surface area (Å²) in [5, 5.41) is 13.9. The normalized spacial score (nSPS) is 13.8. The summed E-state index contributed by atoms with van der Waals surface area (Å²) < 4.78 is 48.9. The second-order valence-corrected chi connectivity index (χ2v) is 6.74. The van der Waals surface area contributed by atoms with E-state index in [9.17, 15) is 13.2 Å². The first-order valence-electron chi connectivity index (χ1n) is 9.76. The van der Waals surface area contributed by atoms with Crippen molar-refractivity contribution in [3.63, 3.8) is 0 Å². The maximum Gasteiger partial charge on any atom is 0.387 e. The van der Waals surface area contributed by atoms with Gasteiger partial charge >= 0.3 is 6.61 Å². The van der Waals surface area contributed by atoms with Crippen LogP contribution < -0.4 is 20.3 Å². The number of halogens is 3. The predicted octanol–water partition coefficient (Wildman–Crippen LogP) is 3.30. The minimum atomic E-state index is -2.91. The van der Waals surface area contributed by atoms with Crippen molar-refractivity contribution in [3.8, 4) is 16.9 Å². The molecule has 3 heterocycles. The Balaban J connectivity index is 1.60. The summed E-state index contributed by atoms with van der Waals surface area (Å²) in [5.41, 5.74) is 1.29. The summed E-state index contributed by atoms with van der Waals surface area (Å²) in [5.74, 6) is 0.435. The molecule has 0 atom stereocenters. The van der Waals surface area contributed by atoms with Crippen LogP contribution in [-0.4, -0.2) is 60.1 Å². The number of anilines is 4. The molecule has 0 amide bonds. The number of hydrogen-bond donors (Lipinski definition) is 2. The zero-order valence-corrected chi connectivity index (χ0v) is 17.1. The number of aromatic nitrogens is 4. The van der Waals surface area contributed by atoms with Gasteiger partial charge in [-0.05, 0) is 23.8 Å². The summed E-state index contributed by atoms with van der Waals surface area (Å²) in [7, 11) is 1.67. The molecule has 4 rings (SSSR count). The number of nitrogens with one attached hydrogen (secondary N) is 2. The van der Waals surface area contributed by atoms with Crippen LogP contribution in [0.4, 0.5) is 36.6 Å². The largest absolute Gasteiger partial charge is 0.435 e. The summed E-state index contributed by atoms with van der Waals surface area (Å²) >= 11 is 0. The quantitative estimate of drug-likeness (QED) is 0.565. The van der Waals surface area contributed by atoms with E-state index in [1.54, 1.807) is 25.2 Å². The van der Waals surface area contributed by atoms with Gasteiger partial charge in [-0.3, -0.25) is 0 Å². The van der Waals surface area contributed by atoms with Crippen molar-refractivity contribution < 1.29 is 22.6 Å². The minimum Gasteiger partial charge on any atom is -0.435 e. The number of benzene rings is 1. The molecule has 3 aromatic rings. The van der Waals surface area contributed by atoms with E-state index < -0.39 is 12.4 Å². The molecule has 2 aromatic heterocycles. The number of nitrogens with zero attached hydrogens (tertiary/aromatic N) is 5. The lowest BCUT2D eigenvalue weighted by molar-refractivity contribution is -0.0498. The Morgan fingerprint density at radius 2 is 1.84 bits per heavy atom. The molecular formula is C20H20F3N7O2. The molecule has 1 fully saturated rings. The lowest BCUT2D eigenvalue weighted by Gasteiger charge is -2.26. The summed E-state index contributed by atoms with van der Waals surface area (Å²) in [6.45, 7) is -0.596. The van der Waals surface area contributed by atoms with E-state index in [-0.39, 0.29) is 17.4 Å². The van der Waals surface area contributed by atoms with Crippen LogP contribution in [0.25, 0.3) is 11.1 Å². The van der Waals surface area contributed by atoms with E-state index in [1.165, 1.54) is 12.1 Å². The van der Waals surface area contributed by atoms with Gasteiger partial charge in [-0.15, -0.1) is 10.2 Å². The smallest absolute Gasteiger partial charge is 0.387 e. The Bertz CT molecular complexity index is 1060. The third-order valence-electron chi connectivity index (χ3n) is 4.69. The van der Waals surface area contributed by atoms with E-state index in [1.807, 2.05) is 4.90 Å². The molecule has 1 aromatic carbocycles. The third kappa shape index (κ3) is 4.97. The molecule has 1 aliphatic heterocycles. The second-order valence-electron chi connectivity index (χ2n) is 6.74. The monoisotopic (exact) mass is 447 g/mol. The lowest BCUT2D eigenvalue weighted by atomic mass is 10.1. The fraction of sp³-hybridized carbons (Fsp3) is 0.300. The number of ether oxygens (including phenoxy) is 2. The van der Waals surface area contributed by atoms with E-state index in [0.29, 0.717) is 49.2 Å². The molecule has 32 heavy (non-hydrogen) atoms. The Hall–Kier alpha value is -3.67. The highest BCUT2D eigenvalue weighted by Gasteiger charge is 2.17. The Kier molecular flexibility index (Phi) is 6.50. The van der Waals surface area contributed by atoms with E-state index in [0.717, 1.165) is 6.20 Å². The summed E-state index contributed by atoms with van der Waals surface area (Å²) in [6, 6.07) is 7.72. The molecule has 0 saturated carbocycles. The Morgan fingerprint density at radius 3 is 2.53 bits per heavy atom. The van der Waals surface area contributed by atoms with Gasteiger partial charge in [-0.1, -0.05) is 12.1 Å². The van der Waals surface area contributed by atoms with Crippen LogP contribution in [0.5, 0.6) is 5.75 Å². The van der Waals surface area contributed by atoms with Gasteiger partial charge in [0.1, 0.15) is 5.75 Å². The number of hydrogen-bond acceptors (Lipinski definition) is 9. The van der Waals surface area contributed by atoms with Crippen molar-refractivity contribution >= 4 is 23.4 Å². The van der Waals surface area contributed by atoms with Crippen molar-refractivity contribution in [1.82, 2.24) is 20.2 Å². The average molecular weight is 447 g/mol. The van der Waals surface area contributed by atoms with Crippen LogP contribution in [0, 0.1) is 5.82 Å². The Labute approximate surface area is 181 Å². The van der Waals surface area contributed by atoms with Crippen LogP contribution in [0.1, 0.15) is 0 Å². The third-order valence-corrected chi connectivity index (χ3v) is 4.69. The molecule has 0 aliphatic carbocycles. The molecule has 9 nitrogen and oxygen atoms in total. The van der Waals surface area contributed by atoms with Crippen molar-refractivity contribution in [3.05, 3.63) is 42.3 Å². The molecule has 168 valence electrons. The van der Waals surface area contributed by atoms with Gasteiger partial charge in [0.15, 0.2) is 23.3 Å². The molecule has 0 spiro atoms. The van der Waals surface area contributed by atoms with Crippen LogP contribution in [0.3, 0.4) is 0 Å². The lowest BCUT2D eigenvalue weighted by Crippen LogP contribution is -2.37. The van der Waals surface area contributed by atoms with Crippen LogP contribution in [-0.2, 0) is 4.74 Å². The first kappa shape index (κ1) is 21.6. The number of rotatable bonds is 7. The maximum absolute atomic E-state index is 14.4. The van der Waals surface area contributed by atoms with Crippen LogP contribution in [0.15, 0.2) is 36.5 Å². The van der Waals surface area contributed by atoms with Gasteiger partial charge in [0, 0.05) is 25.7 Å². The number of morpholine rings is 1. The topological polar surface area (TPSA) is 97.3 Å². The van der Waals surface area contributed by atoms with Crippen molar-refractivity contribution in [2.45, 2.75) is 6.61 Å². The van der Waals surface area contributed by atoms with E-state index >= 15 is 0 Å². The zero-order valence-electron chi connectivity index (χ0n) is 17.1. The van der Waals surface area contributed by atoms with Crippen molar-refractivity contribution in [1.29, 1.82) is 0 Å². The predicted molar refractivity (Wildman–Crippen MR) is 112 cm³/mol. The molecule has 1 saturated heterocycles. The van der Waals surface area contributed by atoms with Crippen LogP contribution in [0.2, 0.25) is 0 Å². The first-order valence-corrected chi connectivity index (χ1v) is 9.76. The summed E-state index contributed by atoms with van der Waals surface area (Å²) in [4.78, 5) is 10.2. The highest BCUT2D eigenvalue weighted by Crippen LogP contribution is 2.30. The highest BCUT2D eigenvalue weighted by atomic mass is 19.3. The number of alkyl halides is 2. The Morgan fingerprint density at radius 1 is 1.09 bits per heavy atom. The fourth-order valence-electron chi connectivity index (χ4n) is 3.16. The highest BCUT2D eigenvalue weighted by molar-refractivity contribution is 5.78. The fourth-order valence-corrected chi connectivity index (χ4v) is 3.16. The van der Waals surface area contributed by atoms with E-state index in [2.05, 4.69) is 35.5 Å². The molecule has 12 heteroatoms. The molecule has 0 radical (unpaired) electrons. The average Bonchev–Trinajstić information content (AvgIpc) is 2.81. The summed E-state index contributed by atoms with van der Waals surface area (Å²) in [6.07, 6.45) is 1.10. The standard InChI is InChI=1S/C20H20F3N7O2/c1-24-17-14(12-2-4-13(5-3-12)32-19(22)23)10-16(28-29-17)26-18-15(21)11-25-20(27-18)30-6-8-31-9-7-30/h2-5,10-11,19H,6-9H2,1H3,(H,24,29)(H,25,26,27,28). The van der Waals surface area contributed by atoms with Gasteiger partial charge < -0.3 is 25.0 Å². The SMILES string of the molecule is CNc1nnc(Nc2nc(N3CCOCC3)ncc2F)cc1-c1ccc(OC(F)F)cc1. The van der Waals surface area contributed by atoms with E-state index in [4.69, 9.17) is 4.74 Å². The van der Waals surface area contributed by atoms with Gasteiger partial charge in [0.05, 0.1) is 19.4 Å².